The highest BCUT2D eigenvalue weighted by atomic mass is 19.4. The topological polar surface area (TPSA) is 35.2 Å². The minimum atomic E-state index is -4.35. The average molecular weight is 335 g/mol. The van der Waals surface area contributed by atoms with Gasteiger partial charge in [-0.2, -0.15) is 13.2 Å². The van der Waals surface area contributed by atoms with E-state index in [0.29, 0.717) is 22.6 Å². The van der Waals surface area contributed by atoms with Gasteiger partial charge in [0.05, 0.1) is 5.56 Å². The number of ether oxygens (including phenoxy) is 1. The number of alkyl halides is 3. The first-order chi connectivity index (χ1) is 11.3. The smallest absolute Gasteiger partial charge is 0.407 e. The van der Waals surface area contributed by atoms with E-state index < -0.39 is 11.7 Å². The van der Waals surface area contributed by atoms with E-state index in [1.54, 1.807) is 26.0 Å². The van der Waals surface area contributed by atoms with Crippen LogP contribution < -0.4 is 10.5 Å². The number of anilines is 1. The maximum absolute atomic E-state index is 12.6. The third kappa shape index (κ3) is 4.69. The van der Waals surface area contributed by atoms with Gasteiger partial charge in [-0.25, -0.2) is 0 Å². The molecule has 0 fully saturated rings. The van der Waals surface area contributed by atoms with Gasteiger partial charge in [0.1, 0.15) is 11.9 Å². The van der Waals surface area contributed by atoms with Crippen molar-refractivity contribution in [2.45, 2.75) is 33.9 Å². The van der Waals surface area contributed by atoms with Crippen LogP contribution in [-0.2, 0) is 6.18 Å². The number of benzene rings is 2. The Labute approximate surface area is 140 Å². The van der Waals surface area contributed by atoms with Gasteiger partial charge in [-0.15, -0.1) is 0 Å². The van der Waals surface area contributed by atoms with E-state index in [1.165, 1.54) is 12.1 Å². The monoisotopic (exact) mass is 335 g/mol. The quantitative estimate of drug-likeness (QED) is 0.568. The number of nitrogens with two attached hydrogens (primary N) is 1. The molecule has 2 aromatic rings. The molecule has 0 amide bonds. The molecule has 0 bridgehead atoms. The van der Waals surface area contributed by atoms with Gasteiger partial charge < -0.3 is 10.5 Å². The van der Waals surface area contributed by atoms with Gasteiger partial charge in [0.2, 0.25) is 0 Å². The minimum Gasteiger partial charge on any atom is -0.407 e. The van der Waals surface area contributed by atoms with Crippen molar-refractivity contribution < 1.29 is 17.9 Å². The molecule has 2 aromatic carbocycles. The van der Waals surface area contributed by atoms with E-state index in [2.05, 4.69) is 12.0 Å². The lowest BCUT2D eigenvalue weighted by Crippen LogP contribution is -2.04. The molecule has 2 rings (SSSR count). The van der Waals surface area contributed by atoms with Crippen LogP contribution in [0.15, 0.2) is 36.4 Å². The predicted octanol–water partition coefficient (Wildman–Crippen LogP) is 5.65. The van der Waals surface area contributed by atoms with E-state index in [-0.39, 0.29) is 0 Å². The lowest BCUT2D eigenvalue weighted by Gasteiger charge is -2.12. The van der Waals surface area contributed by atoms with Crippen molar-refractivity contribution in [2.75, 3.05) is 5.73 Å². The van der Waals surface area contributed by atoms with Gasteiger partial charge in [-0.05, 0) is 36.2 Å². The summed E-state index contributed by atoms with van der Waals surface area (Å²) >= 11 is 0. The first kappa shape index (κ1) is 19.4. The van der Waals surface area contributed by atoms with Crippen LogP contribution in [0.3, 0.4) is 0 Å². The molecule has 0 atom stereocenters. The van der Waals surface area contributed by atoms with Crippen LogP contribution in [0.4, 0.5) is 18.9 Å². The van der Waals surface area contributed by atoms with Crippen molar-refractivity contribution in [2.24, 2.45) is 0 Å². The van der Waals surface area contributed by atoms with Crippen LogP contribution in [0.25, 0.3) is 11.1 Å². The van der Waals surface area contributed by atoms with Crippen molar-refractivity contribution in [3.05, 3.63) is 47.5 Å². The molecule has 0 aliphatic rings. The van der Waals surface area contributed by atoms with E-state index in [4.69, 9.17) is 10.5 Å². The maximum atomic E-state index is 12.6. The predicted molar refractivity (Wildman–Crippen MR) is 91.5 cm³/mol. The van der Waals surface area contributed by atoms with Gasteiger partial charge in [0.25, 0.3) is 0 Å². The lowest BCUT2D eigenvalue weighted by atomic mass is 9.98. The van der Waals surface area contributed by atoms with Gasteiger partial charge in [-0.1, -0.05) is 31.9 Å². The summed E-state index contributed by atoms with van der Waals surface area (Å²) in [5.74, 6) is 3.10. The summed E-state index contributed by atoms with van der Waals surface area (Å²) in [6.45, 7) is 7.44. The molecule has 0 radical (unpaired) electrons. The van der Waals surface area contributed by atoms with Crippen molar-refractivity contribution >= 4 is 5.69 Å². The Balaban J connectivity index is 0.00000139. The average Bonchev–Trinajstić information content (AvgIpc) is 2.56. The molecule has 0 spiro atoms. The zero-order valence-electron chi connectivity index (χ0n) is 14.1. The summed E-state index contributed by atoms with van der Waals surface area (Å²) in [6.07, 6.45) is -1.87. The third-order valence-electron chi connectivity index (χ3n) is 3.17. The van der Waals surface area contributed by atoms with Crippen molar-refractivity contribution in [3.8, 4) is 28.9 Å². The number of nitrogen functional groups attached to an aromatic ring is 1. The van der Waals surface area contributed by atoms with E-state index in [1.807, 2.05) is 13.8 Å². The molecule has 0 unspecified atom stereocenters. The van der Waals surface area contributed by atoms with Crippen LogP contribution in [-0.4, -0.2) is 0 Å². The number of hydrogen-bond donors (Lipinski definition) is 1. The molecule has 128 valence electrons. The summed E-state index contributed by atoms with van der Waals surface area (Å²) in [6, 6.07) is 8.26. The van der Waals surface area contributed by atoms with E-state index in [9.17, 15) is 13.2 Å². The molecule has 5 heteroatoms. The molecule has 0 aliphatic heterocycles. The van der Waals surface area contributed by atoms with Crippen LogP contribution in [0.1, 0.15) is 31.9 Å². The molecule has 0 saturated carbocycles. The van der Waals surface area contributed by atoms with Crippen LogP contribution in [0.5, 0.6) is 5.75 Å². The summed E-state index contributed by atoms with van der Waals surface area (Å²) in [4.78, 5) is 0. The number of halogens is 3. The van der Waals surface area contributed by atoms with Gasteiger partial charge in [-0.3, -0.25) is 0 Å². The second kappa shape index (κ2) is 8.30. The van der Waals surface area contributed by atoms with Crippen LogP contribution in [0, 0.1) is 19.0 Å². The van der Waals surface area contributed by atoms with Crippen molar-refractivity contribution in [1.82, 2.24) is 0 Å². The molecule has 0 aliphatic carbocycles. The van der Waals surface area contributed by atoms with E-state index >= 15 is 0 Å². The Morgan fingerprint density at radius 1 is 1.04 bits per heavy atom. The molecular formula is C19H20F3NO. The van der Waals surface area contributed by atoms with Crippen LogP contribution >= 0.6 is 0 Å². The summed E-state index contributed by atoms with van der Waals surface area (Å²) in [5, 5.41) is 0. The Kier molecular flexibility index (Phi) is 6.72. The Morgan fingerprint density at radius 3 is 2.12 bits per heavy atom. The van der Waals surface area contributed by atoms with E-state index in [0.717, 1.165) is 17.7 Å². The first-order valence-corrected chi connectivity index (χ1v) is 7.49. The Hall–Kier alpha value is -2.61. The van der Waals surface area contributed by atoms with Crippen molar-refractivity contribution in [3.63, 3.8) is 0 Å². The normalized spacial score (nSPS) is 10.1. The largest absolute Gasteiger partial charge is 0.416 e. The molecule has 2 N–H and O–H groups in total. The van der Waals surface area contributed by atoms with Crippen molar-refractivity contribution in [1.29, 1.82) is 0 Å². The highest BCUT2D eigenvalue weighted by Crippen LogP contribution is 2.35. The molecule has 2 nitrogen and oxygen atoms in total. The summed E-state index contributed by atoms with van der Waals surface area (Å²) < 4.78 is 43.1. The molecule has 0 aromatic heterocycles. The molecule has 24 heavy (non-hydrogen) atoms. The summed E-state index contributed by atoms with van der Waals surface area (Å²) in [5.41, 5.74) is 7.69. The lowest BCUT2D eigenvalue weighted by molar-refractivity contribution is -0.137. The molecule has 0 heterocycles. The minimum absolute atomic E-state index is 0.452. The second-order valence-electron chi connectivity index (χ2n) is 4.72. The molecular weight excluding hydrogens is 315 g/mol. The second-order valence-corrected chi connectivity index (χ2v) is 4.72. The number of hydrogen-bond acceptors (Lipinski definition) is 2. The number of rotatable bonds is 2. The van der Waals surface area contributed by atoms with Gasteiger partial charge >= 0.3 is 6.18 Å². The highest BCUT2D eigenvalue weighted by molar-refractivity contribution is 5.74. The SMILES string of the molecule is CC.CC#COc1cc(N)cc(-c2ccc(C(F)(F)F)cc2)c1C. The standard InChI is InChI=1S/C17H14F3NO.C2H6/c1-3-8-22-16-10-14(21)9-15(11(16)2)12-4-6-13(7-5-12)17(18,19)20;1-2/h4-7,9-10H,21H2,1-2H3;1-2H3. The summed E-state index contributed by atoms with van der Waals surface area (Å²) in [7, 11) is 0. The fraction of sp³-hybridized carbons (Fsp3) is 0.263. The van der Waals surface area contributed by atoms with Gasteiger partial charge in [0, 0.05) is 24.2 Å². The zero-order valence-corrected chi connectivity index (χ0v) is 14.1. The Bertz CT molecular complexity index is 738. The fourth-order valence-electron chi connectivity index (χ4n) is 2.06. The zero-order chi connectivity index (χ0) is 18.3. The fourth-order valence-corrected chi connectivity index (χ4v) is 2.06. The highest BCUT2D eigenvalue weighted by Gasteiger charge is 2.30. The Morgan fingerprint density at radius 2 is 1.62 bits per heavy atom. The molecule has 0 saturated heterocycles. The van der Waals surface area contributed by atoms with Gasteiger partial charge in [0.15, 0.2) is 0 Å². The third-order valence-corrected chi connectivity index (χ3v) is 3.17. The first-order valence-electron chi connectivity index (χ1n) is 7.49. The van der Waals surface area contributed by atoms with Crippen LogP contribution in [0.2, 0.25) is 0 Å². The maximum Gasteiger partial charge on any atom is 0.416 e.